The topological polar surface area (TPSA) is 105 Å². The molecule has 1 aliphatic heterocycles. The number of nitrogens with zero attached hydrogens (tertiary/aromatic N) is 2. The summed E-state index contributed by atoms with van der Waals surface area (Å²) >= 11 is 12.5. The van der Waals surface area contributed by atoms with Crippen molar-refractivity contribution in [2.45, 2.75) is 52.6 Å². The van der Waals surface area contributed by atoms with Gasteiger partial charge in [-0.15, -0.1) is 0 Å². The summed E-state index contributed by atoms with van der Waals surface area (Å²) in [5, 5.41) is 3.78. The van der Waals surface area contributed by atoms with Gasteiger partial charge in [-0.2, -0.15) is 0 Å². The first-order valence-electron chi connectivity index (χ1n) is 13.3. The van der Waals surface area contributed by atoms with E-state index in [1.54, 1.807) is 36.4 Å². The maximum atomic E-state index is 13.6. The van der Waals surface area contributed by atoms with Crippen molar-refractivity contribution in [1.82, 2.24) is 10.2 Å². The number of hydrogen-bond acceptors (Lipinski definition) is 6. The molecule has 1 atom stereocenters. The second-order valence-corrected chi connectivity index (χ2v) is 12.8. The van der Waals surface area contributed by atoms with Crippen LogP contribution in [0.1, 0.15) is 45.6 Å². The zero-order chi connectivity index (χ0) is 29.4. The molecule has 0 aliphatic carbocycles. The van der Waals surface area contributed by atoms with Crippen molar-refractivity contribution in [3.8, 4) is 11.5 Å². The summed E-state index contributed by atoms with van der Waals surface area (Å²) in [5.74, 6) is 0.741. The van der Waals surface area contributed by atoms with Gasteiger partial charge in [0.05, 0.1) is 11.9 Å². The SMILES string of the molecule is CC[C@@H](C(=O)NCC(C)C)N(Cc1ccc(Cl)cc1Cl)C(=O)CCCN(c1ccc2c(c1)OCCO2)S(C)(=O)=O. The summed E-state index contributed by atoms with van der Waals surface area (Å²) < 4.78 is 37.7. The van der Waals surface area contributed by atoms with Crippen LogP contribution in [0.15, 0.2) is 36.4 Å². The number of ether oxygens (including phenoxy) is 2. The van der Waals surface area contributed by atoms with E-state index in [4.69, 9.17) is 32.7 Å². The van der Waals surface area contributed by atoms with Gasteiger partial charge >= 0.3 is 0 Å². The monoisotopic (exact) mass is 613 g/mol. The minimum Gasteiger partial charge on any atom is -0.486 e. The number of sulfonamides is 1. The third-order valence-corrected chi connectivity index (χ3v) is 8.17. The van der Waals surface area contributed by atoms with Gasteiger partial charge in [0.2, 0.25) is 21.8 Å². The first-order valence-corrected chi connectivity index (χ1v) is 15.9. The third kappa shape index (κ3) is 8.65. The van der Waals surface area contributed by atoms with Gasteiger partial charge in [-0.05, 0) is 48.6 Å². The zero-order valence-corrected chi connectivity index (χ0v) is 25.6. The molecule has 0 bridgehead atoms. The summed E-state index contributed by atoms with van der Waals surface area (Å²) in [5.41, 5.74) is 1.08. The first kappa shape index (κ1) is 31.8. The van der Waals surface area contributed by atoms with Crippen LogP contribution >= 0.6 is 23.2 Å². The minimum absolute atomic E-state index is 0.0236. The molecule has 1 heterocycles. The predicted octanol–water partition coefficient (Wildman–Crippen LogP) is 4.89. The smallest absolute Gasteiger partial charge is 0.242 e. The molecule has 0 fully saturated rings. The average Bonchev–Trinajstić information content (AvgIpc) is 2.89. The van der Waals surface area contributed by atoms with Crippen LogP contribution in [0.5, 0.6) is 11.5 Å². The number of amides is 2. The van der Waals surface area contributed by atoms with E-state index in [0.717, 1.165) is 6.26 Å². The van der Waals surface area contributed by atoms with Gasteiger partial charge in [-0.25, -0.2) is 8.42 Å². The molecular weight excluding hydrogens is 577 g/mol. The molecular formula is C28H37Cl2N3O6S. The molecule has 220 valence electrons. The van der Waals surface area contributed by atoms with Crippen molar-refractivity contribution in [1.29, 1.82) is 0 Å². The Kier molecular flexibility index (Phi) is 11.4. The number of carbonyl (C=O) groups is 2. The molecule has 0 unspecified atom stereocenters. The fourth-order valence-electron chi connectivity index (χ4n) is 4.37. The van der Waals surface area contributed by atoms with E-state index < -0.39 is 16.1 Å². The van der Waals surface area contributed by atoms with Crippen LogP contribution in [0.3, 0.4) is 0 Å². The van der Waals surface area contributed by atoms with Crippen molar-refractivity contribution in [2.75, 3.05) is 36.9 Å². The fourth-order valence-corrected chi connectivity index (χ4v) is 5.79. The molecule has 2 aromatic carbocycles. The number of fused-ring (bicyclic) bond motifs is 1. The second-order valence-electron chi connectivity index (χ2n) is 10.1. The Labute approximate surface area is 246 Å². The van der Waals surface area contributed by atoms with Gasteiger partial charge in [-0.3, -0.25) is 13.9 Å². The van der Waals surface area contributed by atoms with Crippen LogP contribution in [0.2, 0.25) is 10.0 Å². The van der Waals surface area contributed by atoms with Gasteiger partial charge in [0, 0.05) is 42.2 Å². The number of hydrogen-bond donors (Lipinski definition) is 1. The van der Waals surface area contributed by atoms with E-state index in [1.165, 1.54) is 9.21 Å². The summed E-state index contributed by atoms with van der Waals surface area (Å²) in [6.45, 7) is 7.29. The lowest BCUT2D eigenvalue weighted by molar-refractivity contribution is -0.141. The number of rotatable bonds is 13. The molecule has 0 spiro atoms. The number of benzene rings is 2. The van der Waals surface area contributed by atoms with Gasteiger partial charge < -0.3 is 19.7 Å². The molecule has 9 nitrogen and oxygen atoms in total. The Bertz CT molecular complexity index is 1300. The maximum absolute atomic E-state index is 13.6. The standard InChI is InChI=1S/C28H37Cl2N3O6S/c1-5-24(28(35)31-17-19(2)3)32(18-20-8-9-21(29)15-23(20)30)27(34)7-6-12-33(40(4,36)37)22-10-11-25-26(16-22)39-14-13-38-25/h8-11,15-16,19,24H,5-7,12-14,17-18H2,1-4H3,(H,31,35)/t24-/m0/s1. The zero-order valence-electron chi connectivity index (χ0n) is 23.3. The normalized spacial score (nSPS) is 13.6. The summed E-state index contributed by atoms with van der Waals surface area (Å²) in [7, 11) is -3.65. The first-order chi connectivity index (χ1) is 18.9. The molecule has 2 amide bonds. The third-order valence-electron chi connectivity index (χ3n) is 6.39. The lowest BCUT2D eigenvalue weighted by atomic mass is 10.1. The van der Waals surface area contributed by atoms with Crippen LogP contribution in [-0.4, -0.2) is 63.7 Å². The Morgan fingerprint density at radius 2 is 1.75 bits per heavy atom. The highest BCUT2D eigenvalue weighted by Crippen LogP contribution is 2.35. The maximum Gasteiger partial charge on any atom is 0.242 e. The predicted molar refractivity (Wildman–Crippen MR) is 158 cm³/mol. The van der Waals surface area contributed by atoms with E-state index in [0.29, 0.717) is 59.0 Å². The molecule has 1 N–H and O–H groups in total. The number of halogens is 2. The minimum atomic E-state index is -3.65. The Morgan fingerprint density at radius 3 is 2.38 bits per heavy atom. The van der Waals surface area contributed by atoms with Gasteiger partial charge in [0.15, 0.2) is 11.5 Å². The number of nitrogens with one attached hydrogen (secondary N) is 1. The van der Waals surface area contributed by atoms with Crippen molar-refractivity contribution in [3.05, 3.63) is 52.0 Å². The summed E-state index contributed by atoms with van der Waals surface area (Å²) in [6, 6.07) is 9.24. The fraction of sp³-hybridized carbons (Fsp3) is 0.500. The second kappa shape index (κ2) is 14.3. The van der Waals surface area contributed by atoms with Crippen LogP contribution in [0.25, 0.3) is 0 Å². The molecule has 12 heteroatoms. The quantitative estimate of drug-likeness (QED) is 0.345. The summed E-state index contributed by atoms with van der Waals surface area (Å²) in [4.78, 5) is 28.2. The Morgan fingerprint density at radius 1 is 1.05 bits per heavy atom. The molecule has 3 rings (SSSR count). The molecule has 0 radical (unpaired) electrons. The van der Waals surface area contributed by atoms with Gasteiger partial charge in [0.25, 0.3) is 0 Å². The number of anilines is 1. The van der Waals surface area contributed by atoms with Crippen LogP contribution in [0, 0.1) is 5.92 Å². The molecule has 0 aromatic heterocycles. The van der Waals surface area contributed by atoms with E-state index in [2.05, 4.69) is 5.32 Å². The lowest BCUT2D eigenvalue weighted by Crippen LogP contribution is -2.49. The molecule has 0 saturated heterocycles. The average molecular weight is 615 g/mol. The molecule has 1 aliphatic rings. The molecule has 2 aromatic rings. The van der Waals surface area contributed by atoms with Crippen molar-refractivity contribution in [3.63, 3.8) is 0 Å². The van der Waals surface area contributed by atoms with Gasteiger partial charge in [-0.1, -0.05) is 50.0 Å². The van der Waals surface area contributed by atoms with Crippen LogP contribution in [0.4, 0.5) is 5.69 Å². The lowest BCUT2D eigenvalue weighted by Gasteiger charge is -2.31. The van der Waals surface area contributed by atoms with Crippen molar-refractivity contribution < 1.29 is 27.5 Å². The van der Waals surface area contributed by atoms with Gasteiger partial charge in [0.1, 0.15) is 19.3 Å². The van der Waals surface area contributed by atoms with E-state index >= 15 is 0 Å². The van der Waals surface area contributed by atoms with E-state index in [-0.39, 0.29) is 43.7 Å². The van der Waals surface area contributed by atoms with Crippen LogP contribution in [-0.2, 0) is 26.2 Å². The highest BCUT2D eigenvalue weighted by atomic mass is 35.5. The largest absolute Gasteiger partial charge is 0.486 e. The van der Waals surface area contributed by atoms with Crippen LogP contribution < -0.4 is 19.1 Å². The highest BCUT2D eigenvalue weighted by molar-refractivity contribution is 7.92. The molecule has 0 saturated carbocycles. The van der Waals surface area contributed by atoms with Crippen molar-refractivity contribution in [2.24, 2.45) is 5.92 Å². The Hall–Kier alpha value is -2.69. The molecule has 40 heavy (non-hydrogen) atoms. The summed E-state index contributed by atoms with van der Waals surface area (Å²) in [6.07, 6.45) is 1.77. The highest BCUT2D eigenvalue weighted by Gasteiger charge is 2.29. The van der Waals surface area contributed by atoms with E-state index in [1.807, 2.05) is 20.8 Å². The number of carbonyl (C=O) groups excluding carboxylic acids is 2. The Balaban J connectivity index is 1.79. The van der Waals surface area contributed by atoms with E-state index in [9.17, 15) is 18.0 Å². The van der Waals surface area contributed by atoms with Crippen molar-refractivity contribution >= 4 is 50.7 Å².